The van der Waals surface area contributed by atoms with E-state index in [0.29, 0.717) is 30.5 Å². The number of amides is 1. The number of likely N-dealkylation sites (N-methyl/N-ethyl adjacent to an activating group) is 1. The molecule has 0 aromatic heterocycles. The van der Waals surface area contributed by atoms with Crippen molar-refractivity contribution in [2.24, 2.45) is 28.7 Å². The van der Waals surface area contributed by atoms with E-state index in [4.69, 9.17) is 18.9 Å². The second-order valence-corrected chi connectivity index (χ2v) is 15.3. The highest BCUT2D eigenvalue weighted by molar-refractivity contribution is 6.08. The number of rotatable bonds is 4. The highest BCUT2D eigenvalue weighted by Crippen LogP contribution is 2.43. The van der Waals surface area contributed by atoms with E-state index in [0.717, 1.165) is 6.92 Å². The number of esters is 1. The molecule has 3 aliphatic heterocycles. The van der Waals surface area contributed by atoms with Crippen molar-refractivity contribution in [3.8, 4) is 0 Å². The zero-order chi connectivity index (χ0) is 36.5. The van der Waals surface area contributed by atoms with Crippen molar-refractivity contribution in [2.45, 2.75) is 148 Å². The summed E-state index contributed by atoms with van der Waals surface area (Å²) < 4.78 is 41.6. The van der Waals surface area contributed by atoms with Crippen LogP contribution >= 0.6 is 0 Å². The molecule has 274 valence electrons. The molecule has 12 heteroatoms. The van der Waals surface area contributed by atoms with Crippen LogP contribution in [0.2, 0.25) is 0 Å². The van der Waals surface area contributed by atoms with Gasteiger partial charge in [0.15, 0.2) is 12.1 Å². The van der Waals surface area contributed by atoms with E-state index in [-0.39, 0.29) is 31.6 Å². The third-order valence-electron chi connectivity index (χ3n) is 10.9. The van der Waals surface area contributed by atoms with Gasteiger partial charge in [-0.2, -0.15) is 0 Å². The van der Waals surface area contributed by atoms with E-state index in [2.05, 4.69) is 11.6 Å². The number of alkyl halides is 1. The van der Waals surface area contributed by atoms with Crippen LogP contribution in [0.1, 0.15) is 94.4 Å². The Bertz CT molecular complexity index is 1240. The fourth-order valence-corrected chi connectivity index (χ4v) is 8.12. The highest BCUT2D eigenvalue weighted by atomic mass is 19.1. The first-order valence-corrected chi connectivity index (χ1v) is 17.3. The Morgan fingerprint density at radius 3 is 2.33 bits per heavy atom. The van der Waals surface area contributed by atoms with Gasteiger partial charge in [0, 0.05) is 30.5 Å². The van der Waals surface area contributed by atoms with Gasteiger partial charge in [0.1, 0.15) is 17.8 Å². The maximum absolute atomic E-state index is 16.6. The maximum Gasteiger partial charge on any atom is 0.351 e. The Balaban J connectivity index is 2.33. The van der Waals surface area contributed by atoms with Gasteiger partial charge in [0.25, 0.3) is 5.67 Å². The number of Topliss-reactive ketones (excluding diaryl/α,β-unsaturated/α-hetero) is 1. The predicted octanol–water partition coefficient (Wildman–Crippen LogP) is 4.21. The molecule has 3 rings (SSSR count). The molecule has 3 aliphatic rings. The van der Waals surface area contributed by atoms with Crippen LogP contribution in [0.4, 0.5) is 4.39 Å². The van der Waals surface area contributed by atoms with E-state index in [1.54, 1.807) is 20.8 Å². The fourth-order valence-electron chi connectivity index (χ4n) is 8.12. The molecule has 3 heterocycles. The Labute approximate surface area is 285 Å². The fraction of sp³-hybridized carbons (Fsp3) is 0.833. The number of fused-ring (bicyclic) bond motifs is 5. The van der Waals surface area contributed by atoms with Gasteiger partial charge >= 0.3 is 5.97 Å². The van der Waals surface area contributed by atoms with Crippen LogP contribution in [-0.4, -0.2) is 113 Å². The molecule has 1 amide bonds. The van der Waals surface area contributed by atoms with Gasteiger partial charge in [-0.05, 0) is 85.7 Å². The molecule has 0 unspecified atom stereocenters. The second kappa shape index (κ2) is 15.4. The lowest BCUT2D eigenvalue weighted by molar-refractivity contribution is -0.297. The van der Waals surface area contributed by atoms with Gasteiger partial charge in [-0.15, -0.1) is 0 Å². The first kappa shape index (κ1) is 40.3. The molecule has 0 saturated carbocycles. The average molecular weight is 683 g/mol. The number of cyclic esters (lactones) is 1. The summed E-state index contributed by atoms with van der Waals surface area (Å²) in [5.74, 6) is -5.83. The molecule has 3 fully saturated rings. The van der Waals surface area contributed by atoms with Crippen LogP contribution in [0.15, 0.2) is 17.1 Å². The van der Waals surface area contributed by atoms with Gasteiger partial charge in [0.05, 0.1) is 24.4 Å². The number of carbonyl (C=O) groups excluding carboxylic acids is 3. The van der Waals surface area contributed by atoms with E-state index < -0.39 is 82.8 Å². The number of nitrogens with zero attached hydrogens (tertiary/aromatic N) is 2. The van der Waals surface area contributed by atoms with Crippen LogP contribution in [0.5, 0.6) is 0 Å². The molecule has 48 heavy (non-hydrogen) atoms. The molecular formula is C36H59FN2O9. The van der Waals surface area contributed by atoms with Crippen molar-refractivity contribution in [1.29, 1.82) is 0 Å². The van der Waals surface area contributed by atoms with Crippen LogP contribution in [0.3, 0.4) is 0 Å². The van der Waals surface area contributed by atoms with Gasteiger partial charge in [-0.1, -0.05) is 39.8 Å². The summed E-state index contributed by atoms with van der Waals surface area (Å²) in [5.41, 5.74) is -4.98. The molecule has 2 bridgehead atoms. The number of carbonyl (C=O) groups is 3. The minimum atomic E-state index is -3.11. The number of aliphatic hydroxyl groups is 2. The number of halogens is 1. The summed E-state index contributed by atoms with van der Waals surface area (Å²) in [7, 11) is 3.67. The summed E-state index contributed by atoms with van der Waals surface area (Å²) >= 11 is 0. The van der Waals surface area contributed by atoms with Crippen molar-refractivity contribution in [2.75, 3.05) is 20.7 Å². The number of hydrogen-bond donors (Lipinski definition) is 2. The Kier molecular flexibility index (Phi) is 13.0. The average Bonchev–Trinajstić information content (AvgIpc) is 3.00. The smallest absolute Gasteiger partial charge is 0.351 e. The molecule has 11 nitrogen and oxygen atoms in total. The van der Waals surface area contributed by atoms with Crippen molar-refractivity contribution >= 4 is 23.4 Å². The maximum atomic E-state index is 16.6. The quantitative estimate of drug-likeness (QED) is 0.252. The Hall–Kier alpha value is -2.09. The van der Waals surface area contributed by atoms with Gasteiger partial charge < -0.3 is 34.1 Å². The third kappa shape index (κ3) is 8.43. The Morgan fingerprint density at radius 1 is 1.15 bits per heavy atom. The lowest BCUT2D eigenvalue weighted by Gasteiger charge is -2.48. The molecule has 13 atom stereocenters. The zero-order valence-corrected chi connectivity index (χ0v) is 30.7. The summed E-state index contributed by atoms with van der Waals surface area (Å²) in [6, 6.07) is -0.337. The molecule has 0 aromatic carbocycles. The number of aliphatic imine (C=N–C) groups is 1. The van der Waals surface area contributed by atoms with E-state index in [1.807, 2.05) is 39.8 Å². The SMILES string of the molecule is C=C1CC[C@@H]2[C@@H](C)/C(=N/C(C)=O)[C@H](C)C[C@@](C)(OC1)[C@H](O[C@@H]1O[C@H](C)C[C@H](N(C)C)[C@H]1O)[C@@H](C)C(=O)[C@](C)(F)C(=O)O[C@H](CC)[C@@]2(C)O. The first-order chi connectivity index (χ1) is 22.1. The van der Waals surface area contributed by atoms with Gasteiger partial charge in [0.2, 0.25) is 5.91 Å². The topological polar surface area (TPSA) is 144 Å². The van der Waals surface area contributed by atoms with Crippen molar-refractivity contribution < 1.29 is 47.9 Å². The third-order valence-corrected chi connectivity index (χ3v) is 10.9. The Morgan fingerprint density at radius 2 is 1.77 bits per heavy atom. The molecule has 0 aliphatic carbocycles. The number of ether oxygens (including phenoxy) is 4. The van der Waals surface area contributed by atoms with E-state index >= 15 is 4.39 Å². The van der Waals surface area contributed by atoms with Crippen molar-refractivity contribution in [3.63, 3.8) is 0 Å². The molecule has 0 spiro atoms. The van der Waals surface area contributed by atoms with Gasteiger partial charge in [-0.25, -0.2) is 14.2 Å². The summed E-state index contributed by atoms with van der Waals surface area (Å²) in [6.07, 6.45) is -3.51. The van der Waals surface area contributed by atoms with E-state index in [9.17, 15) is 24.6 Å². The molecule has 0 radical (unpaired) electrons. The van der Waals surface area contributed by atoms with Gasteiger partial charge in [-0.3, -0.25) is 9.59 Å². The second-order valence-electron chi connectivity index (χ2n) is 15.3. The number of aliphatic hydroxyl groups excluding tert-OH is 1. The molecular weight excluding hydrogens is 623 g/mol. The van der Waals surface area contributed by atoms with E-state index in [1.165, 1.54) is 13.8 Å². The molecule has 2 N–H and O–H groups in total. The minimum Gasteiger partial charge on any atom is -0.457 e. The monoisotopic (exact) mass is 682 g/mol. The number of hydrogen-bond acceptors (Lipinski definition) is 10. The first-order valence-electron chi connectivity index (χ1n) is 17.3. The summed E-state index contributed by atoms with van der Waals surface area (Å²) in [6.45, 7) is 18.6. The zero-order valence-electron chi connectivity index (χ0n) is 30.7. The minimum absolute atomic E-state index is 0.0523. The predicted molar refractivity (Wildman–Crippen MR) is 179 cm³/mol. The van der Waals surface area contributed by atoms with Crippen LogP contribution in [0.25, 0.3) is 0 Å². The van der Waals surface area contributed by atoms with Crippen LogP contribution in [-0.2, 0) is 33.3 Å². The van der Waals surface area contributed by atoms with Crippen LogP contribution in [0, 0.1) is 23.7 Å². The summed E-state index contributed by atoms with van der Waals surface area (Å²) in [5, 5.41) is 23.6. The highest BCUT2D eigenvalue weighted by Gasteiger charge is 2.56. The van der Waals surface area contributed by atoms with Crippen molar-refractivity contribution in [3.05, 3.63) is 12.2 Å². The standard InChI is InChI=1S/C36H59FN2O9/c1-13-27-36(10,44)25-15-14-19(2)18-45-34(8,17-20(3)28(22(25)5)38-24(7)40)31(23(6)30(42)35(9,37)33(43)47-27)48-32-29(41)26(39(11)12)16-21(4)46-32/h20-23,25-27,29,31-32,41,44H,2,13-18H2,1,3-12H3/b38-28+/t20-,21-,22-,23+,25-,26+,27-,29-,31-,32+,34-,35+,36+/m1/s1. The summed E-state index contributed by atoms with van der Waals surface area (Å²) in [4.78, 5) is 46.6. The van der Waals surface area contributed by atoms with Crippen LogP contribution < -0.4 is 0 Å². The normalized spacial score (nSPS) is 44.9. The van der Waals surface area contributed by atoms with Crippen molar-refractivity contribution in [1.82, 2.24) is 4.90 Å². The largest absolute Gasteiger partial charge is 0.457 e. The molecule has 0 aromatic rings. The molecule has 3 saturated heterocycles. The lowest BCUT2D eigenvalue weighted by atomic mass is 9.68. The lowest BCUT2D eigenvalue weighted by Crippen LogP contribution is -2.61. The number of ketones is 1.